The largest absolute Gasteiger partial charge is 0.295 e. The summed E-state index contributed by atoms with van der Waals surface area (Å²) in [5.41, 5.74) is 0.206. The number of ketones is 1. The van der Waals surface area contributed by atoms with E-state index < -0.39 is 5.67 Å². The number of hydrogen-bond donors (Lipinski definition) is 0. The molecule has 0 heterocycles. The van der Waals surface area contributed by atoms with Gasteiger partial charge in [0.2, 0.25) is 0 Å². The third-order valence-electron chi connectivity index (χ3n) is 5.07. The van der Waals surface area contributed by atoms with E-state index >= 15 is 0 Å². The predicted octanol–water partition coefficient (Wildman–Crippen LogP) is 4.08. The maximum atomic E-state index is 14.1. The number of fused-ring (bicyclic) bond motifs is 1. The van der Waals surface area contributed by atoms with E-state index in [1.54, 1.807) is 13.8 Å². The zero-order valence-electron chi connectivity index (χ0n) is 11.3. The molecule has 0 N–H and O–H groups in total. The summed E-state index contributed by atoms with van der Waals surface area (Å²) in [5, 5.41) is 0. The summed E-state index contributed by atoms with van der Waals surface area (Å²) in [5.74, 6) is 0.725. The van der Waals surface area contributed by atoms with E-state index in [4.69, 9.17) is 0 Å². The average molecular weight is 238 g/mol. The Morgan fingerprint density at radius 3 is 2.71 bits per heavy atom. The second kappa shape index (κ2) is 3.93. The molecule has 0 aliphatic heterocycles. The lowest BCUT2D eigenvalue weighted by molar-refractivity contribution is -0.117. The van der Waals surface area contributed by atoms with Gasteiger partial charge in [0.15, 0.2) is 5.78 Å². The summed E-state index contributed by atoms with van der Waals surface area (Å²) >= 11 is 0. The number of carbonyl (C=O) groups is 1. The molecule has 3 atom stereocenters. The van der Waals surface area contributed by atoms with Crippen molar-refractivity contribution in [2.45, 2.75) is 59.0 Å². The van der Waals surface area contributed by atoms with Crippen LogP contribution in [0.15, 0.2) is 11.6 Å². The second-order valence-electron chi connectivity index (χ2n) is 6.66. The van der Waals surface area contributed by atoms with E-state index in [2.05, 4.69) is 13.8 Å². The first-order chi connectivity index (χ1) is 7.73. The van der Waals surface area contributed by atoms with Gasteiger partial charge in [-0.15, -0.1) is 0 Å². The first-order valence-electron chi connectivity index (χ1n) is 6.66. The van der Waals surface area contributed by atoms with Crippen LogP contribution in [0.5, 0.6) is 0 Å². The highest BCUT2D eigenvalue weighted by atomic mass is 19.1. The lowest BCUT2D eigenvalue weighted by atomic mass is 9.56. The smallest absolute Gasteiger partial charge is 0.155 e. The SMILES string of the molecule is C[C@@H]1CC(=O)C=C2CC[C@@H](C(C)(C)F)C[C@]21C. The molecule has 1 fully saturated rings. The van der Waals surface area contributed by atoms with E-state index in [9.17, 15) is 9.18 Å². The molecule has 2 rings (SSSR count). The molecule has 1 nitrogen and oxygen atoms in total. The fourth-order valence-corrected chi connectivity index (χ4v) is 3.48. The van der Waals surface area contributed by atoms with Gasteiger partial charge >= 0.3 is 0 Å². The Bertz CT molecular complexity index is 364. The maximum Gasteiger partial charge on any atom is 0.155 e. The summed E-state index contributed by atoms with van der Waals surface area (Å²) in [7, 11) is 0. The third-order valence-corrected chi connectivity index (χ3v) is 5.07. The summed E-state index contributed by atoms with van der Waals surface area (Å²) in [4.78, 5) is 11.6. The first-order valence-corrected chi connectivity index (χ1v) is 6.66. The Morgan fingerprint density at radius 2 is 2.12 bits per heavy atom. The van der Waals surface area contributed by atoms with Crippen LogP contribution in [-0.2, 0) is 4.79 Å². The minimum absolute atomic E-state index is 0.0419. The van der Waals surface area contributed by atoms with Gasteiger partial charge in [0.05, 0.1) is 0 Å². The van der Waals surface area contributed by atoms with Crippen molar-refractivity contribution in [3.8, 4) is 0 Å². The van der Waals surface area contributed by atoms with Crippen LogP contribution >= 0.6 is 0 Å². The van der Waals surface area contributed by atoms with Gasteiger partial charge in [0.1, 0.15) is 5.67 Å². The molecule has 0 bridgehead atoms. The summed E-state index contributed by atoms with van der Waals surface area (Å²) < 4.78 is 14.1. The van der Waals surface area contributed by atoms with Crippen molar-refractivity contribution >= 4 is 5.78 Å². The van der Waals surface area contributed by atoms with Crippen LogP contribution in [0.3, 0.4) is 0 Å². The predicted molar refractivity (Wildman–Crippen MR) is 67.5 cm³/mol. The van der Waals surface area contributed by atoms with Crippen LogP contribution in [0.25, 0.3) is 0 Å². The molecule has 0 amide bonds. The molecule has 0 saturated heterocycles. The molecular weight excluding hydrogens is 215 g/mol. The highest BCUT2D eigenvalue weighted by molar-refractivity contribution is 5.92. The van der Waals surface area contributed by atoms with E-state index in [1.807, 2.05) is 6.08 Å². The molecule has 2 heteroatoms. The molecule has 17 heavy (non-hydrogen) atoms. The molecule has 96 valence electrons. The summed E-state index contributed by atoms with van der Waals surface area (Å²) in [6.45, 7) is 7.73. The lowest BCUT2D eigenvalue weighted by Crippen LogP contribution is -2.42. The molecule has 2 aliphatic carbocycles. The van der Waals surface area contributed by atoms with Crippen molar-refractivity contribution in [1.82, 2.24) is 0 Å². The van der Waals surface area contributed by atoms with Crippen LogP contribution < -0.4 is 0 Å². The maximum absolute atomic E-state index is 14.1. The Kier molecular flexibility index (Phi) is 2.95. The standard InChI is InChI=1S/C15H23FO/c1-10-7-13(17)8-11-5-6-12(14(2,3)16)9-15(10,11)4/h8,10,12H,5-7,9H2,1-4H3/t10-,12-,15+/m1/s1. The number of rotatable bonds is 1. The highest BCUT2D eigenvalue weighted by Gasteiger charge is 2.46. The van der Waals surface area contributed by atoms with Crippen LogP contribution in [-0.4, -0.2) is 11.5 Å². The monoisotopic (exact) mass is 238 g/mol. The van der Waals surface area contributed by atoms with E-state index in [0.717, 1.165) is 19.3 Å². The Balaban J connectivity index is 2.28. The van der Waals surface area contributed by atoms with Gasteiger partial charge in [0, 0.05) is 6.42 Å². The Labute approximate surface area is 103 Å². The minimum atomic E-state index is -1.10. The van der Waals surface area contributed by atoms with Crippen molar-refractivity contribution in [1.29, 1.82) is 0 Å². The molecule has 1 saturated carbocycles. The first kappa shape index (κ1) is 12.8. The fourth-order valence-electron chi connectivity index (χ4n) is 3.48. The van der Waals surface area contributed by atoms with Crippen LogP contribution in [0.1, 0.15) is 53.4 Å². The zero-order valence-corrected chi connectivity index (χ0v) is 11.3. The quantitative estimate of drug-likeness (QED) is 0.673. The molecule has 0 aromatic rings. The molecule has 0 spiro atoms. The Morgan fingerprint density at radius 1 is 1.47 bits per heavy atom. The molecule has 2 aliphatic rings. The van der Waals surface area contributed by atoms with Gasteiger partial charge in [-0.25, -0.2) is 4.39 Å². The van der Waals surface area contributed by atoms with Crippen molar-refractivity contribution < 1.29 is 9.18 Å². The number of allylic oxidation sites excluding steroid dienone is 2. The highest BCUT2D eigenvalue weighted by Crippen LogP contribution is 2.53. The molecule has 0 radical (unpaired) electrons. The van der Waals surface area contributed by atoms with Crippen molar-refractivity contribution in [3.63, 3.8) is 0 Å². The number of alkyl halides is 1. The summed E-state index contributed by atoms with van der Waals surface area (Å²) in [6, 6.07) is 0. The van der Waals surface area contributed by atoms with E-state index in [1.165, 1.54) is 5.57 Å². The van der Waals surface area contributed by atoms with Crippen LogP contribution in [0, 0.1) is 17.3 Å². The zero-order chi connectivity index (χ0) is 12.8. The number of halogens is 1. The average Bonchev–Trinajstić information content (AvgIpc) is 2.18. The second-order valence-corrected chi connectivity index (χ2v) is 6.66. The normalized spacial score (nSPS) is 38.6. The molecule has 0 unspecified atom stereocenters. The number of hydrogen-bond acceptors (Lipinski definition) is 1. The Hall–Kier alpha value is -0.660. The molecular formula is C15H23FO. The minimum Gasteiger partial charge on any atom is -0.295 e. The van der Waals surface area contributed by atoms with Crippen LogP contribution in [0.4, 0.5) is 4.39 Å². The van der Waals surface area contributed by atoms with Gasteiger partial charge in [-0.2, -0.15) is 0 Å². The molecule has 0 aromatic heterocycles. The molecule has 0 aromatic carbocycles. The van der Waals surface area contributed by atoms with Gasteiger partial charge in [0.25, 0.3) is 0 Å². The van der Waals surface area contributed by atoms with Crippen molar-refractivity contribution in [2.24, 2.45) is 17.3 Å². The number of carbonyl (C=O) groups excluding carboxylic acids is 1. The topological polar surface area (TPSA) is 17.1 Å². The van der Waals surface area contributed by atoms with Gasteiger partial charge in [-0.05, 0) is 56.4 Å². The van der Waals surface area contributed by atoms with Crippen molar-refractivity contribution in [2.75, 3.05) is 0 Å². The van der Waals surface area contributed by atoms with Crippen LogP contribution in [0.2, 0.25) is 0 Å². The fraction of sp³-hybridized carbons (Fsp3) is 0.800. The summed E-state index contributed by atoms with van der Waals surface area (Å²) in [6.07, 6.45) is 5.12. The lowest BCUT2D eigenvalue weighted by Gasteiger charge is -2.48. The van der Waals surface area contributed by atoms with Gasteiger partial charge < -0.3 is 0 Å². The van der Waals surface area contributed by atoms with Gasteiger partial charge in [-0.1, -0.05) is 19.4 Å². The third kappa shape index (κ3) is 2.19. The van der Waals surface area contributed by atoms with Gasteiger partial charge in [-0.3, -0.25) is 4.79 Å². The van der Waals surface area contributed by atoms with E-state index in [0.29, 0.717) is 12.3 Å². The van der Waals surface area contributed by atoms with E-state index in [-0.39, 0.29) is 17.1 Å². The van der Waals surface area contributed by atoms with Crippen molar-refractivity contribution in [3.05, 3.63) is 11.6 Å².